The minimum Gasteiger partial charge on any atom is -0.494 e. The molecular formula is C23H32N2O3. The Balaban J connectivity index is 1.49. The maximum absolute atomic E-state index is 5.70. The van der Waals surface area contributed by atoms with E-state index < -0.39 is 0 Å². The largest absolute Gasteiger partial charge is 0.494 e. The Morgan fingerprint density at radius 3 is 1.86 bits per heavy atom. The molecule has 0 amide bonds. The van der Waals surface area contributed by atoms with Crippen molar-refractivity contribution in [2.24, 2.45) is 0 Å². The fourth-order valence-electron chi connectivity index (χ4n) is 3.57. The molecule has 1 saturated heterocycles. The van der Waals surface area contributed by atoms with Crippen LogP contribution in [0.2, 0.25) is 0 Å². The zero-order chi connectivity index (χ0) is 19.8. The van der Waals surface area contributed by atoms with Crippen LogP contribution in [-0.2, 0) is 13.1 Å². The van der Waals surface area contributed by atoms with Gasteiger partial charge in [0, 0.05) is 39.3 Å². The van der Waals surface area contributed by atoms with Crippen molar-refractivity contribution in [2.45, 2.75) is 26.9 Å². The summed E-state index contributed by atoms with van der Waals surface area (Å²) in [7, 11) is 1.68. The zero-order valence-electron chi connectivity index (χ0n) is 17.3. The molecule has 0 unspecified atom stereocenters. The van der Waals surface area contributed by atoms with Crippen LogP contribution in [0.15, 0.2) is 42.5 Å². The fourth-order valence-corrected chi connectivity index (χ4v) is 3.57. The van der Waals surface area contributed by atoms with Crippen LogP contribution in [0.4, 0.5) is 0 Å². The predicted octanol–water partition coefficient (Wildman–Crippen LogP) is 3.81. The predicted molar refractivity (Wildman–Crippen MR) is 112 cm³/mol. The number of piperazine rings is 1. The molecule has 0 atom stereocenters. The quantitative estimate of drug-likeness (QED) is 0.657. The number of hydrogen-bond acceptors (Lipinski definition) is 5. The van der Waals surface area contributed by atoms with Gasteiger partial charge >= 0.3 is 0 Å². The first-order valence-electron chi connectivity index (χ1n) is 10.2. The molecule has 1 heterocycles. The monoisotopic (exact) mass is 384 g/mol. The smallest absolute Gasteiger partial charge is 0.161 e. The third-order valence-electron chi connectivity index (χ3n) is 5.04. The van der Waals surface area contributed by atoms with E-state index in [2.05, 4.69) is 46.2 Å². The molecule has 5 heteroatoms. The van der Waals surface area contributed by atoms with E-state index in [-0.39, 0.29) is 0 Å². The van der Waals surface area contributed by atoms with E-state index >= 15 is 0 Å². The lowest BCUT2D eigenvalue weighted by molar-refractivity contribution is 0.122. The van der Waals surface area contributed by atoms with Crippen LogP contribution in [-0.4, -0.2) is 56.3 Å². The molecule has 1 aliphatic heterocycles. The molecule has 0 saturated carbocycles. The molecule has 0 spiro atoms. The number of ether oxygens (including phenoxy) is 3. The topological polar surface area (TPSA) is 34.2 Å². The second kappa shape index (κ2) is 10.3. The molecule has 2 aromatic carbocycles. The Morgan fingerprint density at radius 1 is 0.714 bits per heavy atom. The van der Waals surface area contributed by atoms with Gasteiger partial charge in [0.1, 0.15) is 5.75 Å². The number of hydrogen-bond donors (Lipinski definition) is 0. The first-order chi connectivity index (χ1) is 13.7. The van der Waals surface area contributed by atoms with Crippen molar-refractivity contribution in [1.29, 1.82) is 0 Å². The lowest BCUT2D eigenvalue weighted by Crippen LogP contribution is -2.45. The van der Waals surface area contributed by atoms with E-state index in [1.54, 1.807) is 7.11 Å². The van der Waals surface area contributed by atoms with E-state index in [9.17, 15) is 0 Å². The van der Waals surface area contributed by atoms with Gasteiger partial charge in [-0.05, 0) is 49.2 Å². The highest BCUT2D eigenvalue weighted by Crippen LogP contribution is 2.28. The van der Waals surface area contributed by atoms with Crippen LogP contribution < -0.4 is 14.2 Å². The highest BCUT2D eigenvalue weighted by Gasteiger charge is 2.18. The van der Waals surface area contributed by atoms with Gasteiger partial charge in [0.2, 0.25) is 0 Å². The summed E-state index contributed by atoms with van der Waals surface area (Å²) < 4.78 is 16.6. The second-order valence-corrected chi connectivity index (χ2v) is 7.05. The van der Waals surface area contributed by atoms with Crippen molar-refractivity contribution in [3.05, 3.63) is 53.6 Å². The van der Waals surface area contributed by atoms with Crippen LogP contribution >= 0.6 is 0 Å². The van der Waals surface area contributed by atoms with Crippen LogP contribution in [0.25, 0.3) is 0 Å². The Kier molecular flexibility index (Phi) is 7.57. The molecule has 28 heavy (non-hydrogen) atoms. The van der Waals surface area contributed by atoms with Gasteiger partial charge in [-0.1, -0.05) is 18.2 Å². The molecule has 0 aliphatic carbocycles. The molecule has 3 rings (SSSR count). The van der Waals surface area contributed by atoms with Gasteiger partial charge in [-0.25, -0.2) is 0 Å². The van der Waals surface area contributed by atoms with Gasteiger partial charge in [-0.3, -0.25) is 9.80 Å². The average molecular weight is 385 g/mol. The Labute approximate surface area is 168 Å². The van der Waals surface area contributed by atoms with Crippen molar-refractivity contribution in [2.75, 3.05) is 46.5 Å². The van der Waals surface area contributed by atoms with Gasteiger partial charge in [-0.15, -0.1) is 0 Å². The normalized spacial score (nSPS) is 15.4. The lowest BCUT2D eigenvalue weighted by Gasteiger charge is -2.34. The van der Waals surface area contributed by atoms with Gasteiger partial charge in [0.05, 0.1) is 20.3 Å². The van der Waals surface area contributed by atoms with Gasteiger partial charge < -0.3 is 14.2 Å². The van der Waals surface area contributed by atoms with Gasteiger partial charge in [0.25, 0.3) is 0 Å². The summed E-state index contributed by atoms with van der Waals surface area (Å²) >= 11 is 0. The highest BCUT2D eigenvalue weighted by molar-refractivity contribution is 5.43. The average Bonchev–Trinajstić information content (AvgIpc) is 2.72. The zero-order valence-corrected chi connectivity index (χ0v) is 17.3. The summed E-state index contributed by atoms with van der Waals surface area (Å²) in [5, 5.41) is 0. The third-order valence-corrected chi connectivity index (χ3v) is 5.04. The maximum Gasteiger partial charge on any atom is 0.161 e. The summed E-state index contributed by atoms with van der Waals surface area (Å²) in [5.41, 5.74) is 2.61. The molecule has 1 aliphatic rings. The summed E-state index contributed by atoms with van der Waals surface area (Å²) in [4.78, 5) is 5.03. The van der Waals surface area contributed by atoms with Crippen LogP contribution in [0.1, 0.15) is 25.0 Å². The van der Waals surface area contributed by atoms with Crippen LogP contribution in [0, 0.1) is 0 Å². The summed E-state index contributed by atoms with van der Waals surface area (Å²) in [6.07, 6.45) is 0. The maximum atomic E-state index is 5.70. The molecular weight excluding hydrogens is 352 g/mol. The Morgan fingerprint density at radius 2 is 1.29 bits per heavy atom. The molecule has 0 radical (unpaired) electrons. The van der Waals surface area contributed by atoms with Crippen molar-refractivity contribution >= 4 is 0 Å². The van der Waals surface area contributed by atoms with E-state index in [1.165, 1.54) is 11.1 Å². The molecule has 0 aromatic heterocycles. The molecule has 5 nitrogen and oxygen atoms in total. The third kappa shape index (κ3) is 5.63. The van der Waals surface area contributed by atoms with Gasteiger partial charge in [-0.2, -0.15) is 0 Å². The second-order valence-electron chi connectivity index (χ2n) is 7.05. The van der Waals surface area contributed by atoms with Gasteiger partial charge in [0.15, 0.2) is 11.5 Å². The number of benzene rings is 2. The lowest BCUT2D eigenvalue weighted by atomic mass is 10.1. The van der Waals surface area contributed by atoms with Crippen LogP contribution in [0.5, 0.6) is 17.2 Å². The van der Waals surface area contributed by atoms with Crippen molar-refractivity contribution in [3.8, 4) is 17.2 Å². The summed E-state index contributed by atoms with van der Waals surface area (Å²) in [5.74, 6) is 2.57. The number of methoxy groups -OCH3 is 1. The summed E-state index contributed by atoms with van der Waals surface area (Å²) in [6.45, 7) is 11.6. The molecule has 2 aromatic rings. The molecule has 0 N–H and O–H groups in total. The van der Waals surface area contributed by atoms with Crippen molar-refractivity contribution in [3.63, 3.8) is 0 Å². The van der Waals surface area contributed by atoms with E-state index in [0.29, 0.717) is 13.2 Å². The minimum absolute atomic E-state index is 0.643. The molecule has 0 bridgehead atoms. The number of rotatable bonds is 9. The van der Waals surface area contributed by atoms with Crippen molar-refractivity contribution in [1.82, 2.24) is 9.80 Å². The van der Waals surface area contributed by atoms with E-state index in [0.717, 1.165) is 56.5 Å². The fraction of sp³-hybridized carbons (Fsp3) is 0.478. The Hall–Kier alpha value is -2.24. The first-order valence-corrected chi connectivity index (χ1v) is 10.2. The molecule has 1 fully saturated rings. The van der Waals surface area contributed by atoms with E-state index in [1.807, 2.05) is 19.9 Å². The Bertz CT molecular complexity index is 725. The standard InChI is InChI=1S/C23H32N2O3/c1-4-27-21-9-6-19(7-10-21)17-24-12-14-25(15-13-24)18-20-8-11-22(26-3)23(16-20)28-5-2/h6-11,16H,4-5,12-15,17-18H2,1-3H3. The molecule has 152 valence electrons. The minimum atomic E-state index is 0.643. The highest BCUT2D eigenvalue weighted by atomic mass is 16.5. The first kappa shape index (κ1) is 20.5. The van der Waals surface area contributed by atoms with Crippen LogP contribution in [0.3, 0.4) is 0 Å². The number of nitrogens with zero attached hydrogens (tertiary/aromatic N) is 2. The SMILES string of the molecule is CCOc1ccc(CN2CCN(Cc3ccc(OC)c(OCC)c3)CC2)cc1. The summed E-state index contributed by atoms with van der Waals surface area (Å²) in [6, 6.07) is 14.7. The van der Waals surface area contributed by atoms with E-state index in [4.69, 9.17) is 14.2 Å². The van der Waals surface area contributed by atoms with Crippen molar-refractivity contribution < 1.29 is 14.2 Å².